The van der Waals surface area contributed by atoms with Crippen molar-refractivity contribution < 1.29 is 2.85 Å². The van der Waals surface area contributed by atoms with Crippen LogP contribution in [0.25, 0.3) is 0 Å². The Hall–Kier alpha value is 1.21. The molecule has 0 radical (unpaired) electrons. The van der Waals surface area contributed by atoms with Crippen LogP contribution in [0.15, 0.2) is 0 Å². The van der Waals surface area contributed by atoms with Crippen LogP contribution in [-0.2, 0) is 0 Å². The number of hydrogen-bond acceptors (Lipinski definition) is 1. The van der Waals surface area contributed by atoms with E-state index in [1.54, 1.807) is 0 Å². The summed E-state index contributed by atoms with van der Waals surface area (Å²) in [5.74, 6) is 0. The van der Waals surface area contributed by atoms with Crippen molar-refractivity contribution in [1.82, 2.24) is 3.93 Å². The molecule has 0 aliphatic carbocycles. The first-order valence-electron chi connectivity index (χ1n) is 2.22. The van der Waals surface area contributed by atoms with E-state index in [4.69, 9.17) is 0 Å². The van der Waals surface area contributed by atoms with Crippen LogP contribution in [0.5, 0.6) is 0 Å². The van der Waals surface area contributed by atoms with Crippen LogP contribution in [0.2, 0.25) is 0 Å². The molecule has 0 unspecified atom stereocenters. The van der Waals surface area contributed by atoms with Crippen molar-refractivity contribution in [2.45, 2.75) is 13.8 Å². The Kier molecular flexibility index (Phi) is 11.4. The van der Waals surface area contributed by atoms with E-state index in [0.29, 0.717) is 0 Å². The van der Waals surface area contributed by atoms with Gasteiger partial charge in [-0.3, -0.25) is 0 Å². The van der Waals surface area contributed by atoms with Gasteiger partial charge >= 0.3 is 23.1 Å². The Morgan fingerprint density at radius 1 is 1.43 bits per heavy atom. The summed E-state index contributed by atoms with van der Waals surface area (Å²) in [7, 11) is 0. The Labute approximate surface area is 72.9 Å². The molecule has 0 saturated heterocycles. The van der Waals surface area contributed by atoms with E-state index in [1.807, 2.05) is 0 Å². The Morgan fingerprint density at radius 3 is 1.71 bits per heavy atom. The molecule has 0 spiro atoms. The predicted molar refractivity (Wildman–Crippen MR) is 39.8 cm³/mol. The number of hydrogen-bond donors (Lipinski definition) is 0. The molecule has 0 aromatic carbocycles. The summed E-state index contributed by atoms with van der Waals surface area (Å²) >= 11 is 3.31. The molecule has 0 amide bonds. The summed E-state index contributed by atoms with van der Waals surface area (Å²) < 4.78 is 2.06. The van der Waals surface area contributed by atoms with Gasteiger partial charge < -0.3 is 2.85 Å². The van der Waals surface area contributed by atoms with E-state index in [-0.39, 0.29) is 25.9 Å². The average Bonchev–Trinajstić information content (AvgIpc) is 1.65. The van der Waals surface area contributed by atoms with E-state index in [9.17, 15) is 0 Å². The normalized spacial score (nSPS) is 8.57. The zero-order valence-electron chi connectivity index (χ0n) is 6.95. The molecule has 7 heavy (non-hydrogen) atoms. The van der Waals surface area contributed by atoms with E-state index < -0.39 is 0 Å². The second-order valence-corrected chi connectivity index (χ2v) is 2.10. The summed E-state index contributed by atoms with van der Waals surface area (Å²) in [5.41, 5.74) is 0. The van der Waals surface area contributed by atoms with E-state index in [2.05, 4.69) is 33.9 Å². The second kappa shape index (κ2) is 7.21. The summed E-state index contributed by atoms with van der Waals surface area (Å²) in [6, 6.07) is 0. The fourth-order valence-electron chi connectivity index (χ4n) is 0.224. The van der Waals surface area contributed by atoms with Crippen molar-refractivity contribution in [3.63, 3.8) is 0 Å². The van der Waals surface area contributed by atoms with Crippen LogP contribution in [0.1, 0.15) is 16.7 Å². The molecule has 0 heterocycles. The zero-order chi connectivity index (χ0) is 4.99. The molecule has 0 rings (SSSR count). The van der Waals surface area contributed by atoms with Crippen LogP contribution < -0.4 is 0 Å². The summed E-state index contributed by atoms with van der Waals surface area (Å²) in [6.45, 7) is 6.38. The molecule has 0 saturated carbocycles. The quantitative estimate of drug-likeness (QED) is 0.457. The molecular formula is C4H12BrMgN. The van der Waals surface area contributed by atoms with Gasteiger partial charge in [0, 0.05) is 29.2 Å². The molecule has 0 aromatic rings. The molecule has 0 bridgehead atoms. The monoisotopic (exact) mass is 177 g/mol. The minimum atomic E-state index is 0. The van der Waals surface area contributed by atoms with Crippen LogP contribution in [0.4, 0.5) is 0 Å². The SMILES string of the molecule is CCN(Br)CC.[H-].[H-].[Mg+2]. The number of rotatable bonds is 2. The number of halogens is 1. The van der Waals surface area contributed by atoms with Gasteiger partial charge in [-0.1, -0.05) is 13.8 Å². The molecular weight excluding hydrogens is 166 g/mol. The molecule has 0 aromatic heterocycles. The predicted octanol–water partition coefficient (Wildman–Crippen LogP) is 1.48. The van der Waals surface area contributed by atoms with Crippen molar-refractivity contribution in [3.8, 4) is 0 Å². The van der Waals surface area contributed by atoms with Gasteiger partial charge in [0.05, 0.1) is 0 Å². The summed E-state index contributed by atoms with van der Waals surface area (Å²) in [6.07, 6.45) is 0. The number of nitrogens with zero attached hydrogens (tertiary/aromatic N) is 1. The fraction of sp³-hybridized carbons (Fsp3) is 1.00. The first kappa shape index (κ1) is 11.1. The summed E-state index contributed by atoms with van der Waals surface area (Å²) in [5, 5.41) is 0. The van der Waals surface area contributed by atoms with E-state index >= 15 is 0 Å². The minimum absolute atomic E-state index is 0. The first-order chi connectivity index (χ1) is 2.81. The van der Waals surface area contributed by atoms with Crippen molar-refractivity contribution in [2.24, 2.45) is 0 Å². The van der Waals surface area contributed by atoms with Crippen LogP contribution in [0, 0.1) is 0 Å². The standard InChI is InChI=1S/C4H10BrN.Mg.2H/c1-3-6(5)4-2;;;/h3-4H2,1-2H3;;;/q;+2;2*-1. The van der Waals surface area contributed by atoms with Crippen molar-refractivity contribution in [1.29, 1.82) is 0 Å². The van der Waals surface area contributed by atoms with Crippen molar-refractivity contribution >= 4 is 39.2 Å². The maximum Gasteiger partial charge on any atom is 2.00 e. The van der Waals surface area contributed by atoms with Gasteiger partial charge in [-0.25, -0.2) is 3.93 Å². The molecule has 0 aliphatic heterocycles. The molecule has 42 valence electrons. The Bertz CT molecular complexity index is 37.7. The van der Waals surface area contributed by atoms with Crippen LogP contribution in [0.3, 0.4) is 0 Å². The second-order valence-electron chi connectivity index (χ2n) is 1.10. The van der Waals surface area contributed by atoms with Crippen molar-refractivity contribution in [2.75, 3.05) is 13.1 Å². The maximum absolute atomic E-state index is 3.31. The van der Waals surface area contributed by atoms with Gasteiger partial charge in [0.15, 0.2) is 0 Å². The van der Waals surface area contributed by atoms with E-state index in [1.165, 1.54) is 0 Å². The third-order valence-electron chi connectivity index (χ3n) is 0.686. The topological polar surface area (TPSA) is 3.24 Å². The third-order valence-corrected chi connectivity index (χ3v) is 1.69. The molecule has 0 N–H and O–H groups in total. The molecule has 0 atom stereocenters. The maximum atomic E-state index is 3.31. The van der Waals surface area contributed by atoms with Gasteiger partial charge in [0.1, 0.15) is 0 Å². The smallest absolute Gasteiger partial charge is 1.00 e. The van der Waals surface area contributed by atoms with Crippen LogP contribution in [-0.4, -0.2) is 40.1 Å². The molecule has 1 nitrogen and oxygen atoms in total. The molecule has 0 aliphatic rings. The summed E-state index contributed by atoms with van der Waals surface area (Å²) in [4.78, 5) is 0. The van der Waals surface area contributed by atoms with Gasteiger partial charge in [-0.05, 0) is 0 Å². The molecule has 0 fully saturated rings. The minimum Gasteiger partial charge on any atom is -1.00 e. The van der Waals surface area contributed by atoms with Crippen molar-refractivity contribution in [3.05, 3.63) is 0 Å². The van der Waals surface area contributed by atoms with Gasteiger partial charge in [0.25, 0.3) is 0 Å². The van der Waals surface area contributed by atoms with Gasteiger partial charge in [-0.2, -0.15) is 0 Å². The van der Waals surface area contributed by atoms with E-state index in [0.717, 1.165) is 13.1 Å². The average molecular weight is 178 g/mol. The van der Waals surface area contributed by atoms with Gasteiger partial charge in [-0.15, -0.1) is 0 Å². The largest absolute Gasteiger partial charge is 2.00 e. The van der Waals surface area contributed by atoms with Crippen LogP contribution >= 0.6 is 16.1 Å². The zero-order valence-corrected chi connectivity index (χ0v) is 7.95. The molecule has 3 heteroatoms. The van der Waals surface area contributed by atoms with Gasteiger partial charge in [0.2, 0.25) is 0 Å². The third kappa shape index (κ3) is 7.21. The Morgan fingerprint density at radius 2 is 1.71 bits per heavy atom. The fourth-order valence-corrected chi connectivity index (χ4v) is 0.224. The Balaban J connectivity index is -0.0000000417. The first-order valence-corrected chi connectivity index (χ1v) is 2.92.